The second-order valence-electron chi connectivity index (χ2n) is 5.20. The lowest BCUT2D eigenvalue weighted by molar-refractivity contribution is -0.136. The van der Waals surface area contributed by atoms with Crippen LogP contribution >= 0.6 is 0 Å². The summed E-state index contributed by atoms with van der Waals surface area (Å²) in [4.78, 5) is 25.7. The molecule has 118 valence electrons. The normalized spacial score (nSPS) is 18.0. The van der Waals surface area contributed by atoms with Gasteiger partial charge in [0.15, 0.2) is 11.5 Å². The first-order chi connectivity index (χ1) is 10.5. The largest absolute Gasteiger partial charge is 0.504 e. The number of benzene rings is 1. The van der Waals surface area contributed by atoms with Gasteiger partial charge in [-0.15, -0.1) is 6.58 Å². The summed E-state index contributed by atoms with van der Waals surface area (Å²) in [5.41, 5.74) is 0.548. The number of hydrogen-bond donors (Lipinski definition) is 2. The Kier molecular flexibility index (Phi) is 5.04. The molecule has 6 heteroatoms. The number of phenolic OH excluding ortho intramolecular Hbond substituents is 1. The van der Waals surface area contributed by atoms with Gasteiger partial charge < -0.3 is 20.1 Å². The molecule has 2 rings (SSSR count). The Labute approximate surface area is 129 Å². The van der Waals surface area contributed by atoms with E-state index in [4.69, 9.17) is 4.74 Å². The number of likely N-dealkylation sites (tertiary alicyclic amines) is 1. The molecule has 1 saturated heterocycles. The maximum atomic E-state index is 12.3. The molecule has 1 aromatic carbocycles. The number of phenols is 1. The second-order valence-corrected chi connectivity index (χ2v) is 5.20. The second kappa shape index (κ2) is 6.98. The molecule has 0 aromatic heterocycles. The van der Waals surface area contributed by atoms with Crippen LogP contribution in [0.2, 0.25) is 0 Å². The van der Waals surface area contributed by atoms with Crippen molar-refractivity contribution in [2.75, 3.05) is 25.5 Å². The van der Waals surface area contributed by atoms with Crippen LogP contribution in [0.5, 0.6) is 11.5 Å². The van der Waals surface area contributed by atoms with Gasteiger partial charge in [0, 0.05) is 31.3 Å². The highest BCUT2D eigenvalue weighted by Gasteiger charge is 2.29. The Morgan fingerprint density at radius 2 is 2.36 bits per heavy atom. The average molecular weight is 304 g/mol. The van der Waals surface area contributed by atoms with Crippen LogP contribution in [-0.4, -0.2) is 42.0 Å². The van der Waals surface area contributed by atoms with Crippen molar-refractivity contribution in [3.63, 3.8) is 0 Å². The summed E-state index contributed by atoms with van der Waals surface area (Å²) in [7, 11) is 1.45. The van der Waals surface area contributed by atoms with Gasteiger partial charge in [-0.05, 0) is 18.6 Å². The molecule has 0 radical (unpaired) electrons. The van der Waals surface area contributed by atoms with Gasteiger partial charge in [0.1, 0.15) is 0 Å². The van der Waals surface area contributed by atoms with E-state index in [0.29, 0.717) is 37.4 Å². The number of nitrogens with zero attached hydrogens (tertiary/aromatic N) is 1. The zero-order valence-corrected chi connectivity index (χ0v) is 12.5. The third kappa shape index (κ3) is 3.58. The fraction of sp³-hybridized carbons (Fsp3) is 0.375. The van der Waals surface area contributed by atoms with Crippen molar-refractivity contribution >= 4 is 17.5 Å². The zero-order chi connectivity index (χ0) is 16.1. The van der Waals surface area contributed by atoms with Gasteiger partial charge in [-0.2, -0.15) is 0 Å². The average Bonchev–Trinajstić information content (AvgIpc) is 2.51. The maximum absolute atomic E-state index is 12.3. The molecule has 0 saturated carbocycles. The quantitative estimate of drug-likeness (QED) is 0.642. The number of carbonyl (C=O) groups excluding carboxylic acids is 2. The van der Waals surface area contributed by atoms with Crippen LogP contribution in [0, 0.1) is 5.92 Å². The number of rotatable bonds is 5. The molecular formula is C16H20N2O4. The van der Waals surface area contributed by atoms with Gasteiger partial charge in [-0.25, -0.2) is 0 Å². The SMILES string of the molecule is C=CCN1CC(C(=O)Nc2ccc(O)c(OC)c2)CCC1=O. The van der Waals surface area contributed by atoms with E-state index in [-0.39, 0.29) is 23.5 Å². The molecule has 22 heavy (non-hydrogen) atoms. The topological polar surface area (TPSA) is 78.9 Å². The number of hydrogen-bond acceptors (Lipinski definition) is 4. The highest BCUT2D eigenvalue weighted by atomic mass is 16.5. The standard InChI is InChI=1S/C16H20N2O4/c1-3-8-18-10-11(4-7-15(18)20)16(21)17-12-5-6-13(19)14(9-12)22-2/h3,5-6,9,11,19H,1,4,7-8,10H2,2H3,(H,17,21). The molecule has 0 aliphatic carbocycles. The monoisotopic (exact) mass is 304 g/mol. The Balaban J connectivity index is 2.02. The molecule has 1 atom stereocenters. The van der Waals surface area contributed by atoms with E-state index in [2.05, 4.69) is 11.9 Å². The lowest BCUT2D eigenvalue weighted by Crippen LogP contribution is -2.44. The fourth-order valence-electron chi connectivity index (χ4n) is 2.46. The van der Waals surface area contributed by atoms with Crippen LogP contribution < -0.4 is 10.1 Å². The zero-order valence-electron chi connectivity index (χ0n) is 12.5. The highest BCUT2D eigenvalue weighted by molar-refractivity contribution is 5.94. The number of methoxy groups -OCH3 is 1. The van der Waals surface area contributed by atoms with E-state index in [0.717, 1.165) is 0 Å². The Bertz CT molecular complexity index is 586. The third-order valence-corrected chi connectivity index (χ3v) is 3.67. The predicted molar refractivity (Wildman–Crippen MR) is 82.8 cm³/mol. The molecule has 0 bridgehead atoms. The number of nitrogens with one attached hydrogen (secondary N) is 1. The third-order valence-electron chi connectivity index (χ3n) is 3.67. The Morgan fingerprint density at radius 1 is 1.59 bits per heavy atom. The van der Waals surface area contributed by atoms with Gasteiger partial charge in [0.2, 0.25) is 11.8 Å². The molecular weight excluding hydrogens is 284 g/mol. The van der Waals surface area contributed by atoms with Crippen molar-refractivity contribution in [1.29, 1.82) is 0 Å². The number of carbonyl (C=O) groups is 2. The number of ether oxygens (including phenoxy) is 1. The summed E-state index contributed by atoms with van der Waals surface area (Å²) < 4.78 is 5.01. The van der Waals surface area contributed by atoms with E-state index >= 15 is 0 Å². The highest BCUT2D eigenvalue weighted by Crippen LogP contribution is 2.29. The van der Waals surface area contributed by atoms with E-state index in [1.165, 1.54) is 13.2 Å². The number of piperidine rings is 1. The maximum Gasteiger partial charge on any atom is 0.229 e. The predicted octanol–water partition coefficient (Wildman–Crippen LogP) is 1.76. The minimum atomic E-state index is -0.252. The van der Waals surface area contributed by atoms with Gasteiger partial charge >= 0.3 is 0 Å². The van der Waals surface area contributed by atoms with Crippen molar-refractivity contribution in [2.45, 2.75) is 12.8 Å². The summed E-state index contributed by atoms with van der Waals surface area (Å²) in [5.74, 6) is -0.0344. The molecule has 1 fully saturated rings. The van der Waals surface area contributed by atoms with Crippen molar-refractivity contribution in [3.8, 4) is 11.5 Å². The molecule has 1 aliphatic heterocycles. The van der Waals surface area contributed by atoms with Crippen LogP contribution in [0.4, 0.5) is 5.69 Å². The Morgan fingerprint density at radius 3 is 3.05 bits per heavy atom. The van der Waals surface area contributed by atoms with Crippen LogP contribution in [0.1, 0.15) is 12.8 Å². The molecule has 1 heterocycles. The molecule has 1 unspecified atom stereocenters. The van der Waals surface area contributed by atoms with E-state index < -0.39 is 0 Å². The Hall–Kier alpha value is -2.50. The van der Waals surface area contributed by atoms with Gasteiger partial charge in [0.05, 0.1) is 13.0 Å². The molecule has 2 N–H and O–H groups in total. The van der Waals surface area contributed by atoms with Crippen LogP contribution in [-0.2, 0) is 9.59 Å². The molecule has 1 aliphatic rings. The number of anilines is 1. The molecule has 0 spiro atoms. The molecule has 1 aromatic rings. The van der Waals surface area contributed by atoms with E-state index in [1.54, 1.807) is 23.1 Å². The first-order valence-electron chi connectivity index (χ1n) is 7.11. The van der Waals surface area contributed by atoms with Crippen LogP contribution in [0.3, 0.4) is 0 Å². The van der Waals surface area contributed by atoms with Crippen molar-refractivity contribution < 1.29 is 19.4 Å². The number of amides is 2. The first-order valence-corrected chi connectivity index (χ1v) is 7.11. The van der Waals surface area contributed by atoms with E-state index in [1.807, 2.05) is 0 Å². The molecule has 2 amide bonds. The van der Waals surface area contributed by atoms with Gasteiger partial charge in [0.25, 0.3) is 0 Å². The van der Waals surface area contributed by atoms with E-state index in [9.17, 15) is 14.7 Å². The van der Waals surface area contributed by atoms with Crippen LogP contribution in [0.25, 0.3) is 0 Å². The number of aromatic hydroxyl groups is 1. The summed E-state index contributed by atoms with van der Waals surface area (Å²) in [5, 5.41) is 12.3. The van der Waals surface area contributed by atoms with Crippen molar-refractivity contribution in [1.82, 2.24) is 4.90 Å². The first kappa shape index (κ1) is 15.9. The fourth-order valence-corrected chi connectivity index (χ4v) is 2.46. The van der Waals surface area contributed by atoms with Crippen molar-refractivity contribution in [2.24, 2.45) is 5.92 Å². The van der Waals surface area contributed by atoms with Gasteiger partial charge in [-0.3, -0.25) is 9.59 Å². The van der Waals surface area contributed by atoms with Crippen molar-refractivity contribution in [3.05, 3.63) is 30.9 Å². The summed E-state index contributed by atoms with van der Waals surface area (Å²) in [6.45, 7) is 4.47. The molecule has 6 nitrogen and oxygen atoms in total. The lowest BCUT2D eigenvalue weighted by atomic mass is 9.96. The van der Waals surface area contributed by atoms with Gasteiger partial charge in [-0.1, -0.05) is 6.08 Å². The summed E-state index contributed by atoms with van der Waals surface area (Å²) in [6, 6.07) is 4.62. The smallest absolute Gasteiger partial charge is 0.229 e. The lowest BCUT2D eigenvalue weighted by Gasteiger charge is -2.31. The minimum Gasteiger partial charge on any atom is -0.504 e. The summed E-state index contributed by atoms with van der Waals surface area (Å²) in [6.07, 6.45) is 2.56. The summed E-state index contributed by atoms with van der Waals surface area (Å²) >= 11 is 0. The minimum absolute atomic E-state index is 0.0147. The van der Waals surface area contributed by atoms with Crippen LogP contribution in [0.15, 0.2) is 30.9 Å².